The van der Waals surface area contributed by atoms with Crippen LogP contribution in [0.1, 0.15) is 26.2 Å². The molecular formula is C14H19NOS. The number of carbonyl (C=O) groups excluding carboxylic acids is 1. The highest BCUT2D eigenvalue weighted by molar-refractivity contribution is 8.00. The quantitative estimate of drug-likeness (QED) is 0.767. The summed E-state index contributed by atoms with van der Waals surface area (Å²) in [6.45, 7) is 3.89. The van der Waals surface area contributed by atoms with Gasteiger partial charge in [-0.15, -0.1) is 11.8 Å². The fourth-order valence-corrected chi connectivity index (χ4v) is 3.10. The van der Waals surface area contributed by atoms with Crippen molar-refractivity contribution >= 4 is 17.7 Å². The second-order valence-corrected chi connectivity index (χ2v) is 5.87. The Kier molecular flexibility index (Phi) is 4.49. The number of benzene rings is 1. The molecule has 1 amide bonds. The van der Waals surface area contributed by atoms with Gasteiger partial charge in [-0.2, -0.15) is 0 Å². The number of piperidine rings is 1. The molecule has 2 nitrogen and oxygen atoms in total. The Bertz CT molecular complexity index is 360. The van der Waals surface area contributed by atoms with E-state index in [9.17, 15) is 4.79 Å². The third kappa shape index (κ3) is 3.50. The summed E-state index contributed by atoms with van der Waals surface area (Å²) in [4.78, 5) is 15.4. The number of likely N-dealkylation sites (tertiary alicyclic amines) is 1. The minimum absolute atomic E-state index is 0.0236. The number of rotatable bonds is 3. The molecule has 1 heterocycles. The van der Waals surface area contributed by atoms with Crippen LogP contribution in [0.4, 0.5) is 0 Å². The van der Waals surface area contributed by atoms with Crippen molar-refractivity contribution in [2.24, 2.45) is 0 Å². The molecule has 0 N–H and O–H groups in total. The predicted molar refractivity (Wildman–Crippen MR) is 72.2 cm³/mol. The molecule has 0 aromatic heterocycles. The van der Waals surface area contributed by atoms with E-state index in [-0.39, 0.29) is 5.25 Å². The summed E-state index contributed by atoms with van der Waals surface area (Å²) in [6, 6.07) is 10.2. The molecule has 0 spiro atoms. The molecule has 1 fully saturated rings. The van der Waals surface area contributed by atoms with E-state index in [4.69, 9.17) is 0 Å². The highest BCUT2D eigenvalue weighted by atomic mass is 32.2. The number of carbonyl (C=O) groups is 1. The molecule has 1 saturated heterocycles. The van der Waals surface area contributed by atoms with E-state index in [2.05, 4.69) is 12.1 Å². The van der Waals surface area contributed by atoms with Crippen LogP contribution in [-0.2, 0) is 4.79 Å². The van der Waals surface area contributed by atoms with E-state index in [1.54, 1.807) is 11.8 Å². The van der Waals surface area contributed by atoms with Crippen LogP contribution in [0.3, 0.4) is 0 Å². The zero-order valence-corrected chi connectivity index (χ0v) is 11.1. The Hall–Kier alpha value is -0.960. The minimum atomic E-state index is 0.0236. The first-order chi connectivity index (χ1) is 8.27. The van der Waals surface area contributed by atoms with E-state index < -0.39 is 0 Å². The van der Waals surface area contributed by atoms with Crippen LogP contribution in [0.25, 0.3) is 0 Å². The van der Waals surface area contributed by atoms with Crippen molar-refractivity contribution in [1.82, 2.24) is 4.90 Å². The lowest BCUT2D eigenvalue weighted by Gasteiger charge is -2.29. The lowest BCUT2D eigenvalue weighted by molar-refractivity contribution is -0.131. The van der Waals surface area contributed by atoms with Crippen molar-refractivity contribution < 1.29 is 4.79 Å². The summed E-state index contributed by atoms with van der Waals surface area (Å²) in [5.74, 6) is 0.290. The van der Waals surface area contributed by atoms with E-state index in [1.807, 2.05) is 30.0 Å². The predicted octanol–water partition coefficient (Wildman–Crippen LogP) is 3.18. The van der Waals surface area contributed by atoms with Gasteiger partial charge in [-0.3, -0.25) is 4.79 Å². The standard InChI is InChI=1S/C14H19NOS/c1-12(17-13-8-4-2-5-9-13)14(16)15-10-6-3-7-11-15/h2,4-5,8-9,12H,3,6-7,10-11H2,1H3/t12-/m1/s1. The monoisotopic (exact) mass is 249 g/mol. The number of hydrogen-bond acceptors (Lipinski definition) is 2. The van der Waals surface area contributed by atoms with Crippen molar-refractivity contribution in [3.8, 4) is 0 Å². The lowest BCUT2D eigenvalue weighted by atomic mass is 10.1. The van der Waals surface area contributed by atoms with E-state index >= 15 is 0 Å². The molecule has 0 unspecified atom stereocenters. The Balaban J connectivity index is 1.90. The Morgan fingerprint density at radius 2 is 1.82 bits per heavy atom. The van der Waals surface area contributed by atoms with Gasteiger partial charge in [-0.1, -0.05) is 18.2 Å². The molecule has 1 aromatic rings. The zero-order chi connectivity index (χ0) is 12.1. The van der Waals surface area contributed by atoms with E-state index in [0.717, 1.165) is 25.9 Å². The first kappa shape index (κ1) is 12.5. The number of nitrogens with zero attached hydrogens (tertiary/aromatic N) is 1. The molecule has 1 aliphatic rings. The molecule has 3 heteroatoms. The van der Waals surface area contributed by atoms with Crippen LogP contribution in [0.5, 0.6) is 0 Å². The number of amides is 1. The molecule has 17 heavy (non-hydrogen) atoms. The summed E-state index contributed by atoms with van der Waals surface area (Å²) in [7, 11) is 0. The fourth-order valence-electron chi connectivity index (χ4n) is 2.12. The van der Waals surface area contributed by atoms with E-state index in [0.29, 0.717) is 5.91 Å². The third-order valence-corrected chi connectivity index (χ3v) is 4.17. The van der Waals surface area contributed by atoms with Crippen molar-refractivity contribution in [2.75, 3.05) is 13.1 Å². The molecule has 2 rings (SSSR count). The molecule has 1 aliphatic heterocycles. The minimum Gasteiger partial charge on any atom is -0.342 e. The maximum absolute atomic E-state index is 12.2. The Morgan fingerprint density at radius 3 is 2.47 bits per heavy atom. The molecule has 92 valence electrons. The summed E-state index contributed by atoms with van der Waals surface area (Å²) in [5.41, 5.74) is 0. The van der Waals surface area contributed by atoms with Gasteiger partial charge in [-0.25, -0.2) is 0 Å². The third-order valence-electron chi connectivity index (χ3n) is 3.07. The van der Waals surface area contributed by atoms with Gasteiger partial charge in [0.2, 0.25) is 5.91 Å². The maximum atomic E-state index is 12.2. The van der Waals surface area contributed by atoms with Gasteiger partial charge in [0.05, 0.1) is 5.25 Å². The number of thioether (sulfide) groups is 1. The van der Waals surface area contributed by atoms with Crippen LogP contribution < -0.4 is 0 Å². The normalized spacial score (nSPS) is 17.8. The summed E-state index contributed by atoms with van der Waals surface area (Å²) < 4.78 is 0. The molecule has 0 saturated carbocycles. The second-order valence-electron chi connectivity index (χ2n) is 4.46. The lowest BCUT2D eigenvalue weighted by Crippen LogP contribution is -2.40. The first-order valence-corrected chi connectivity index (χ1v) is 7.16. The number of hydrogen-bond donors (Lipinski definition) is 0. The van der Waals surface area contributed by atoms with Crippen molar-refractivity contribution in [3.05, 3.63) is 30.3 Å². The summed E-state index contributed by atoms with van der Waals surface area (Å²) >= 11 is 1.65. The molecule has 0 bridgehead atoms. The van der Waals surface area contributed by atoms with Gasteiger partial charge in [0.15, 0.2) is 0 Å². The zero-order valence-electron chi connectivity index (χ0n) is 10.3. The SMILES string of the molecule is C[C@@H](Sc1ccccc1)C(=O)N1CCCCC1. The van der Waals surface area contributed by atoms with Crippen LogP contribution in [0.2, 0.25) is 0 Å². The molecular weight excluding hydrogens is 230 g/mol. The van der Waals surface area contributed by atoms with Gasteiger partial charge >= 0.3 is 0 Å². The topological polar surface area (TPSA) is 20.3 Å². The molecule has 1 aromatic carbocycles. The van der Waals surface area contributed by atoms with Crippen LogP contribution in [0.15, 0.2) is 35.2 Å². The van der Waals surface area contributed by atoms with Crippen molar-refractivity contribution in [1.29, 1.82) is 0 Å². The smallest absolute Gasteiger partial charge is 0.235 e. The van der Waals surface area contributed by atoms with Gasteiger partial charge in [0.1, 0.15) is 0 Å². The largest absolute Gasteiger partial charge is 0.342 e. The van der Waals surface area contributed by atoms with E-state index in [1.165, 1.54) is 11.3 Å². The maximum Gasteiger partial charge on any atom is 0.235 e. The average molecular weight is 249 g/mol. The molecule has 0 aliphatic carbocycles. The average Bonchev–Trinajstić information content (AvgIpc) is 2.40. The molecule has 1 atom stereocenters. The van der Waals surface area contributed by atoms with Gasteiger partial charge in [-0.05, 0) is 38.3 Å². The van der Waals surface area contributed by atoms with Crippen molar-refractivity contribution in [3.63, 3.8) is 0 Å². The van der Waals surface area contributed by atoms with Crippen LogP contribution in [0, 0.1) is 0 Å². The van der Waals surface area contributed by atoms with Gasteiger partial charge < -0.3 is 4.90 Å². The Morgan fingerprint density at radius 1 is 1.18 bits per heavy atom. The van der Waals surface area contributed by atoms with Gasteiger partial charge in [0.25, 0.3) is 0 Å². The molecule has 0 radical (unpaired) electrons. The fraction of sp³-hybridized carbons (Fsp3) is 0.500. The van der Waals surface area contributed by atoms with Crippen LogP contribution in [-0.4, -0.2) is 29.1 Å². The highest BCUT2D eigenvalue weighted by Gasteiger charge is 2.22. The van der Waals surface area contributed by atoms with Crippen molar-refractivity contribution in [2.45, 2.75) is 36.3 Å². The summed E-state index contributed by atoms with van der Waals surface area (Å²) in [5, 5.41) is 0.0236. The Labute approximate surface area is 107 Å². The summed E-state index contributed by atoms with van der Waals surface area (Å²) in [6.07, 6.45) is 3.59. The van der Waals surface area contributed by atoms with Gasteiger partial charge in [0, 0.05) is 18.0 Å². The first-order valence-electron chi connectivity index (χ1n) is 6.28. The highest BCUT2D eigenvalue weighted by Crippen LogP contribution is 2.24. The second kappa shape index (κ2) is 6.10. The van der Waals surface area contributed by atoms with Crippen LogP contribution >= 0.6 is 11.8 Å².